The Morgan fingerprint density at radius 1 is 1.36 bits per heavy atom. The molecule has 1 saturated carbocycles. The lowest BCUT2D eigenvalue weighted by Gasteiger charge is -2.36. The van der Waals surface area contributed by atoms with Gasteiger partial charge in [0, 0.05) is 24.8 Å². The maximum atomic E-state index is 11.2. The van der Waals surface area contributed by atoms with E-state index in [4.69, 9.17) is 4.74 Å². The number of aliphatic hydroxyl groups is 2. The maximum absolute atomic E-state index is 11.2. The normalized spacial score (nSPS) is 43.0. The summed E-state index contributed by atoms with van der Waals surface area (Å²) < 4.78 is 5.18. The summed E-state index contributed by atoms with van der Waals surface area (Å²) >= 11 is 0. The van der Waals surface area contributed by atoms with Crippen molar-refractivity contribution >= 4 is 5.97 Å². The maximum Gasteiger partial charge on any atom is 0.334 e. The zero-order chi connectivity index (χ0) is 10.3. The van der Waals surface area contributed by atoms with Gasteiger partial charge in [-0.15, -0.1) is 0 Å². The molecular formula is C10H14O4. The summed E-state index contributed by atoms with van der Waals surface area (Å²) in [7, 11) is 0. The number of carbonyl (C=O) groups excluding carboxylic acids is 1. The average Bonchev–Trinajstić information content (AvgIpc) is 2.23. The van der Waals surface area contributed by atoms with Gasteiger partial charge in [-0.25, -0.2) is 4.79 Å². The molecule has 2 aliphatic rings. The third-order valence-electron chi connectivity index (χ3n) is 2.89. The predicted octanol–water partition coefficient (Wildman–Crippen LogP) is 0.134. The van der Waals surface area contributed by atoms with Crippen molar-refractivity contribution in [1.29, 1.82) is 0 Å². The molecule has 1 spiro atoms. The van der Waals surface area contributed by atoms with E-state index in [0.29, 0.717) is 31.3 Å². The van der Waals surface area contributed by atoms with Crippen LogP contribution in [0.1, 0.15) is 25.7 Å². The zero-order valence-corrected chi connectivity index (χ0v) is 7.90. The number of rotatable bonds is 0. The highest BCUT2D eigenvalue weighted by Gasteiger charge is 2.48. The molecule has 0 aromatic heterocycles. The quantitative estimate of drug-likeness (QED) is 0.429. The summed E-state index contributed by atoms with van der Waals surface area (Å²) in [4.78, 5) is 11.2. The Labute approximate surface area is 82.2 Å². The van der Waals surface area contributed by atoms with Crippen LogP contribution in [-0.4, -0.2) is 34.0 Å². The van der Waals surface area contributed by atoms with Gasteiger partial charge in [0.25, 0.3) is 0 Å². The molecule has 2 unspecified atom stereocenters. The number of hydrogen-bond acceptors (Lipinski definition) is 4. The van der Waals surface area contributed by atoms with Gasteiger partial charge in [0.05, 0.1) is 12.2 Å². The molecule has 0 aromatic carbocycles. The molecule has 2 fully saturated rings. The summed E-state index contributed by atoms with van der Waals surface area (Å²) in [5.74, 6) is -0.397. The van der Waals surface area contributed by atoms with Crippen LogP contribution in [0.15, 0.2) is 12.2 Å². The van der Waals surface area contributed by atoms with E-state index < -0.39 is 23.8 Å². The van der Waals surface area contributed by atoms with Gasteiger partial charge in [-0.05, 0) is 6.42 Å². The molecule has 4 nitrogen and oxygen atoms in total. The molecule has 2 atom stereocenters. The van der Waals surface area contributed by atoms with Crippen molar-refractivity contribution < 1.29 is 19.7 Å². The number of hydrogen-bond donors (Lipinski definition) is 2. The summed E-state index contributed by atoms with van der Waals surface area (Å²) in [6.07, 6.45) is 0.449. The Morgan fingerprint density at radius 2 is 1.93 bits per heavy atom. The van der Waals surface area contributed by atoms with Crippen molar-refractivity contribution in [2.45, 2.75) is 43.5 Å². The van der Waals surface area contributed by atoms with Crippen molar-refractivity contribution in [2.75, 3.05) is 0 Å². The van der Waals surface area contributed by atoms with Crippen molar-refractivity contribution in [3.05, 3.63) is 12.2 Å². The first-order valence-corrected chi connectivity index (χ1v) is 4.78. The Bertz CT molecular complexity index is 256. The molecular weight excluding hydrogens is 184 g/mol. The van der Waals surface area contributed by atoms with Gasteiger partial charge in [0.15, 0.2) is 0 Å². The molecule has 1 heterocycles. The van der Waals surface area contributed by atoms with Crippen molar-refractivity contribution in [1.82, 2.24) is 0 Å². The minimum Gasteiger partial charge on any atom is -0.455 e. The number of esters is 1. The van der Waals surface area contributed by atoms with Crippen molar-refractivity contribution in [3.8, 4) is 0 Å². The second kappa shape index (κ2) is 3.07. The van der Waals surface area contributed by atoms with E-state index in [2.05, 4.69) is 6.58 Å². The minimum atomic E-state index is -0.689. The third-order valence-corrected chi connectivity index (χ3v) is 2.89. The second-order valence-electron chi connectivity index (χ2n) is 4.30. The summed E-state index contributed by atoms with van der Waals surface area (Å²) in [5.41, 5.74) is -0.253. The minimum absolute atomic E-state index is 0.367. The first-order valence-electron chi connectivity index (χ1n) is 4.78. The Morgan fingerprint density at radius 3 is 2.36 bits per heavy atom. The van der Waals surface area contributed by atoms with E-state index in [0.717, 1.165) is 0 Å². The number of ether oxygens (including phenoxy) is 1. The molecule has 0 aromatic rings. The Hall–Kier alpha value is -0.870. The van der Waals surface area contributed by atoms with Crippen LogP contribution in [-0.2, 0) is 9.53 Å². The average molecular weight is 198 g/mol. The van der Waals surface area contributed by atoms with E-state index in [1.54, 1.807) is 0 Å². The van der Waals surface area contributed by atoms with Crippen LogP contribution >= 0.6 is 0 Å². The lowest BCUT2D eigenvalue weighted by molar-refractivity contribution is -0.157. The predicted molar refractivity (Wildman–Crippen MR) is 48.4 cm³/mol. The van der Waals surface area contributed by atoms with E-state index in [-0.39, 0.29) is 0 Å². The van der Waals surface area contributed by atoms with E-state index in [9.17, 15) is 15.0 Å². The zero-order valence-electron chi connectivity index (χ0n) is 7.90. The van der Waals surface area contributed by atoms with Gasteiger partial charge in [0.2, 0.25) is 0 Å². The lowest BCUT2D eigenvalue weighted by Crippen LogP contribution is -2.43. The molecule has 0 bridgehead atoms. The molecule has 14 heavy (non-hydrogen) atoms. The summed E-state index contributed by atoms with van der Waals surface area (Å²) in [5, 5.41) is 19.0. The second-order valence-corrected chi connectivity index (χ2v) is 4.30. The van der Waals surface area contributed by atoms with Gasteiger partial charge < -0.3 is 14.9 Å². The molecule has 2 N–H and O–H groups in total. The van der Waals surface area contributed by atoms with Crippen molar-refractivity contribution in [2.24, 2.45) is 0 Å². The molecule has 0 radical (unpaired) electrons. The first kappa shape index (κ1) is 9.68. The SMILES string of the molecule is C=C1CC2(CC(O)CC(O)C2)OC1=O. The van der Waals surface area contributed by atoms with Gasteiger partial charge in [-0.1, -0.05) is 6.58 Å². The fourth-order valence-corrected chi connectivity index (χ4v) is 2.42. The molecule has 2 rings (SSSR count). The van der Waals surface area contributed by atoms with Gasteiger partial charge >= 0.3 is 5.97 Å². The van der Waals surface area contributed by atoms with Crippen LogP contribution in [0.25, 0.3) is 0 Å². The van der Waals surface area contributed by atoms with Crippen LogP contribution in [0.2, 0.25) is 0 Å². The largest absolute Gasteiger partial charge is 0.455 e. The van der Waals surface area contributed by atoms with E-state index in [1.807, 2.05) is 0 Å². The van der Waals surface area contributed by atoms with Crippen LogP contribution < -0.4 is 0 Å². The monoisotopic (exact) mass is 198 g/mol. The highest BCUT2D eigenvalue weighted by atomic mass is 16.6. The van der Waals surface area contributed by atoms with Crippen LogP contribution in [0.3, 0.4) is 0 Å². The highest BCUT2D eigenvalue weighted by molar-refractivity contribution is 5.90. The first-order chi connectivity index (χ1) is 6.51. The molecule has 1 aliphatic carbocycles. The van der Waals surface area contributed by atoms with E-state index >= 15 is 0 Å². The molecule has 0 amide bonds. The third kappa shape index (κ3) is 1.55. The molecule has 4 heteroatoms. The standard InChI is InChI=1S/C10H14O4/c1-6-3-10(14-9(6)13)4-7(11)2-8(12)5-10/h7-8,11-12H,1-5H2. The fraction of sp³-hybridized carbons (Fsp3) is 0.700. The Kier molecular flexibility index (Phi) is 2.12. The van der Waals surface area contributed by atoms with Crippen LogP contribution in [0, 0.1) is 0 Å². The topological polar surface area (TPSA) is 66.8 Å². The molecule has 78 valence electrons. The van der Waals surface area contributed by atoms with Gasteiger partial charge in [0.1, 0.15) is 5.60 Å². The smallest absolute Gasteiger partial charge is 0.334 e. The van der Waals surface area contributed by atoms with Gasteiger partial charge in [-0.3, -0.25) is 0 Å². The lowest BCUT2D eigenvalue weighted by atomic mass is 9.79. The van der Waals surface area contributed by atoms with Gasteiger partial charge in [-0.2, -0.15) is 0 Å². The molecule has 1 saturated heterocycles. The molecule has 1 aliphatic heterocycles. The number of aliphatic hydroxyl groups excluding tert-OH is 2. The van der Waals surface area contributed by atoms with Crippen molar-refractivity contribution in [3.63, 3.8) is 0 Å². The summed E-state index contributed by atoms with van der Waals surface area (Å²) in [6.45, 7) is 3.60. The van der Waals surface area contributed by atoms with E-state index in [1.165, 1.54) is 0 Å². The van der Waals surface area contributed by atoms with Crippen LogP contribution in [0.4, 0.5) is 0 Å². The van der Waals surface area contributed by atoms with Crippen LogP contribution in [0.5, 0.6) is 0 Å². The number of carbonyl (C=O) groups is 1. The highest BCUT2D eigenvalue weighted by Crippen LogP contribution is 2.41. The Balaban J connectivity index is 2.16. The summed E-state index contributed by atoms with van der Waals surface area (Å²) in [6, 6.07) is 0. The fourth-order valence-electron chi connectivity index (χ4n) is 2.42.